The summed E-state index contributed by atoms with van der Waals surface area (Å²) in [4.78, 5) is 0. The lowest BCUT2D eigenvalue weighted by Crippen LogP contribution is -2.22. The monoisotopic (exact) mass is 273 g/mol. The van der Waals surface area contributed by atoms with E-state index in [1.165, 1.54) is 0 Å². The first-order valence-corrected chi connectivity index (χ1v) is 6.13. The Bertz CT molecular complexity index is 476. The molecule has 5 heteroatoms. The van der Waals surface area contributed by atoms with Crippen LogP contribution in [0.1, 0.15) is 24.4 Å². The van der Waals surface area contributed by atoms with Crippen molar-refractivity contribution in [1.29, 1.82) is 0 Å². The van der Waals surface area contributed by atoms with E-state index in [-0.39, 0.29) is 10.6 Å². The largest absolute Gasteiger partial charge is 0.501 e. The zero-order valence-corrected chi connectivity index (χ0v) is 10.7. The molecule has 0 spiro atoms. The molecule has 0 amide bonds. The fourth-order valence-electron chi connectivity index (χ4n) is 2.10. The Morgan fingerprint density at radius 1 is 1.33 bits per heavy atom. The van der Waals surface area contributed by atoms with Crippen LogP contribution < -0.4 is 5.32 Å². The molecule has 0 aromatic heterocycles. The smallest absolute Gasteiger partial charge is 0.142 e. The average Bonchev–Trinajstić information content (AvgIpc) is 2.38. The van der Waals surface area contributed by atoms with E-state index in [2.05, 4.69) is 5.32 Å². The van der Waals surface area contributed by atoms with E-state index in [0.717, 1.165) is 30.5 Å². The van der Waals surface area contributed by atoms with Crippen LogP contribution in [-0.4, -0.2) is 13.7 Å². The van der Waals surface area contributed by atoms with Crippen molar-refractivity contribution in [2.75, 3.05) is 13.7 Å². The summed E-state index contributed by atoms with van der Waals surface area (Å²) in [6.45, 7) is 0.664. The molecule has 0 saturated carbocycles. The van der Waals surface area contributed by atoms with Crippen LogP contribution >= 0.6 is 11.6 Å². The van der Waals surface area contributed by atoms with Crippen molar-refractivity contribution >= 4 is 11.6 Å². The molecule has 1 heterocycles. The van der Waals surface area contributed by atoms with Gasteiger partial charge in [0.05, 0.1) is 23.9 Å². The zero-order valence-electron chi connectivity index (χ0n) is 9.97. The van der Waals surface area contributed by atoms with Crippen LogP contribution in [0.2, 0.25) is 5.02 Å². The van der Waals surface area contributed by atoms with Crippen molar-refractivity contribution in [2.45, 2.75) is 18.9 Å². The minimum atomic E-state index is -0.620. The molecule has 2 rings (SSSR count). The number of rotatable bonds is 3. The zero-order chi connectivity index (χ0) is 13.1. The van der Waals surface area contributed by atoms with E-state index in [0.29, 0.717) is 6.61 Å². The summed E-state index contributed by atoms with van der Waals surface area (Å²) in [5, 5.41) is 2.77. The van der Waals surface area contributed by atoms with E-state index in [4.69, 9.17) is 16.3 Å². The third-order valence-electron chi connectivity index (χ3n) is 2.97. The molecule has 1 aromatic carbocycles. The van der Waals surface area contributed by atoms with Gasteiger partial charge in [-0.3, -0.25) is 0 Å². The molecular weight excluding hydrogens is 260 g/mol. The molecule has 18 heavy (non-hydrogen) atoms. The number of ether oxygens (including phenoxy) is 1. The van der Waals surface area contributed by atoms with Gasteiger partial charge >= 0.3 is 0 Å². The highest BCUT2D eigenvalue weighted by Gasteiger charge is 2.22. The summed E-state index contributed by atoms with van der Waals surface area (Å²) in [6.07, 6.45) is 3.30. The summed E-state index contributed by atoms with van der Waals surface area (Å²) < 4.78 is 32.5. The summed E-state index contributed by atoms with van der Waals surface area (Å²) in [5.41, 5.74) is 1.15. The van der Waals surface area contributed by atoms with Crippen molar-refractivity contribution in [2.24, 2.45) is 0 Å². The van der Waals surface area contributed by atoms with Crippen LogP contribution in [0.15, 0.2) is 24.0 Å². The Balaban J connectivity index is 2.38. The summed E-state index contributed by atoms with van der Waals surface area (Å²) in [7, 11) is 1.70. The molecule has 0 bridgehead atoms. The van der Waals surface area contributed by atoms with Crippen molar-refractivity contribution in [3.05, 3.63) is 46.2 Å². The standard InChI is InChI=1S/C13H14ClF2NO/c1-17-13(8-3-2-4-18-7-8)9-5-12(16)10(14)6-11(9)15/h5-7,13,17H,2-4H2,1H3. The molecule has 0 saturated heterocycles. The van der Waals surface area contributed by atoms with E-state index in [1.54, 1.807) is 13.3 Å². The lowest BCUT2D eigenvalue weighted by Gasteiger charge is -2.23. The maximum Gasteiger partial charge on any atom is 0.142 e. The molecule has 1 unspecified atom stereocenters. The maximum atomic E-state index is 13.9. The molecule has 0 fully saturated rings. The van der Waals surface area contributed by atoms with Gasteiger partial charge in [0.2, 0.25) is 0 Å². The molecule has 1 atom stereocenters. The van der Waals surface area contributed by atoms with Crippen molar-refractivity contribution < 1.29 is 13.5 Å². The number of halogens is 3. The van der Waals surface area contributed by atoms with Gasteiger partial charge in [-0.1, -0.05) is 11.6 Å². The third-order valence-corrected chi connectivity index (χ3v) is 3.26. The SMILES string of the molecule is CNC(C1=COCCC1)c1cc(F)c(Cl)cc1F. The van der Waals surface area contributed by atoms with Gasteiger partial charge in [-0.15, -0.1) is 0 Å². The minimum absolute atomic E-state index is 0.208. The second-order valence-corrected chi connectivity index (χ2v) is 4.58. The number of nitrogens with one attached hydrogen (secondary N) is 1. The van der Waals surface area contributed by atoms with Gasteiger partial charge in [0.15, 0.2) is 0 Å². The number of likely N-dealkylation sites (N-methyl/N-ethyl adjacent to an activating group) is 1. The molecule has 98 valence electrons. The molecule has 1 aliphatic rings. The van der Waals surface area contributed by atoms with E-state index in [1.807, 2.05) is 0 Å². The number of hydrogen-bond donors (Lipinski definition) is 1. The molecule has 0 radical (unpaired) electrons. The molecule has 1 aliphatic heterocycles. The van der Waals surface area contributed by atoms with Crippen LogP contribution in [0.3, 0.4) is 0 Å². The highest BCUT2D eigenvalue weighted by Crippen LogP contribution is 2.31. The summed E-state index contributed by atoms with van der Waals surface area (Å²) in [6, 6.07) is 1.74. The average molecular weight is 274 g/mol. The summed E-state index contributed by atoms with van der Waals surface area (Å²) in [5.74, 6) is -1.14. The van der Waals surface area contributed by atoms with E-state index >= 15 is 0 Å². The Labute approximate surface area is 110 Å². The molecular formula is C13H14ClF2NO. The lowest BCUT2D eigenvalue weighted by molar-refractivity contribution is 0.219. The first kappa shape index (κ1) is 13.3. The Morgan fingerprint density at radius 3 is 2.72 bits per heavy atom. The fraction of sp³-hybridized carbons (Fsp3) is 0.385. The topological polar surface area (TPSA) is 21.3 Å². The van der Waals surface area contributed by atoms with Gasteiger partial charge in [-0.2, -0.15) is 0 Å². The highest BCUT2D eigenvalue weighted by atomic mass is 35.5. The van der Waals surface area contributed by atoms with E-state index in [9.17, 15) is 8.78 Å². The van der Waals surface area contributed by atoms with Gasteiger partial charge in [0, 0.05) is 5.56 Å². The normalized spacial score (nSPS) is 17.0. The van der Waals surface area contributed by atoms with Crippen molar-refractivity contribution in [3.8, 4) is 0 Å². The first-order chi connectivity index (χ1) is 8.63. The van der Waals surface area contributed by atoms with Gasteiger partial charge in [0.1, 0.15) is 11.6 Å². The van der Waals surface area contributed by atoms with Crippen LogP contribution in [0.4, 0.5) is 8.78 Å². The summed E-state index contributed by atoms with van der Waals surface area (Å²) >= 11 is 5.54. The quantitative estimate of drug-likeness (QED) is 0.850. The predicted molar refractivity (Wildman–Crippen MR) is 66.4 cm³/mol. The van der Waals surface area contributed by atoms with Gasteiger partial charge in [-0.25, -0.2) is 8.78 Å². The number of benzene rings is 1. The number of hydrogen-bond acceptors (Lipinski definition) is 2. The second kappa shape index (κ2) is 5.67. The van der Waals surface area contributed by atoms with Gasteiger partial charge < -0.3 is 10.1 Å². The van der Waals surface area contributed by atoms with Gasteiger partial charge in [0.25, 0.3) is 0 Å². The predicted octanol–water partition coefficient (Wildman–Crippen LogP) is 3.57. The van der Waals surface area contributed by atoms with Crippen molar-refractivity contribution in [1.82, 2.24) is 5.32 Å². The fourth-order valence-corrected chi connectivity index (χ4v) is 2.25. The van der Waals surface area contributed by atoms with Crippen LogP contribution in [0.25, 0.3) is 0 Å². The maximum absolute atomic E-state index is 13.9. The van der Waals surface area contributed by atoms with Crippen LogP contribution in [-0.2, 0) is 4.74 Å². The third kappa shape index (κ3) is 2.65. The molecule has 1 N–H and O–H groups in total. The molecule has 0 aliphatic carbocycles. The second-order valence-electron chi connectivity index (χ2n) is 4.18. The highest BCUT2D eigenvalue weighted by molar-refractivity contribution is 6.30. The minimum Gasteiger partial charge on any atom is -0.501 e. The van der Waals surface area contributed by atoms with Crippen LogP contribution in [0, 0.1) is 11.6 Å². The first-order valence-electron chi connectivity index (χ1n) is 5.75. The molecule has 1 aromatic rings. The van der Waals surface area contributed by atoms with Crippen molar-refractivity contribution in [3.63, 3.8) is 0 Å². The van der Waals surface area contributed by atoms with E-state index < -0.39 is 17.7 Å². The van der Waals surface area contributed by atoms with Gasteiger partial charge in [-0.05, 0) is 37.6 Å². The molecule has 2 nitrogen and oxygen atoms in total. The van der Waals surface area contributed by atoms with Crippen LogP contribution in [0.5, 0.6) is 0 Å². The lowest BCUT2D eigenvalue weighted by atomic mass is 9.95. The Morgan fingerprint density at radius 2 is 2.11 bits per heavy atom. The Hall–Kier alpha value is -1.13. The Kier molecular flexibility index (Phi) is 4.19.